The Morgan fingerprint density at radius 3 is 1.27 bits per heavy atom. The second-order valence-electron chi connectivity index (χ2n) is 23.1. The summed E-state index contributed by atoms with van der Waals surface area (Å²) in [6.07, 6.45) is 1.92. The number of nitrogen functional groups attached to an aromatic ring is 4. The number of anilines is 4. The lowest BCUT2D eigenvalue weighted by Gasteiger charge is -2.24. The number of primary amides is 2. The van der Waals surface area contributed by atoms with Gasteiger partial charge in [-0.15, -0.1) is 0 Å². The Labute approximate surface area is 576 Å². The van der Waals surface area contributed by atoms with Gasteiger partial charge < -0.3 is 53.9 Å². The zero-order valence-corrected chi connectivity index (χ0v) is 60.7. The van der Waals surface area contributed by atoms with Crippen LogP contribution in [0.1, 0.15) is 129 Å². The molecule has 27 nitrogen and oxygen atoms in total. The molecule has 7 heterocycles. The molecule has 0 atom stereocenters. The third kappa shape index (κ3) is 16.6. The number of carbonyl (C=O) groups excluding carboxylic acids is 2. The van der Waals surface area contributed by atoms with Gasteiger partial charge >= 0.3 is 7.12 Å². The summed E-state index contributed by atoms with van der Waals surface area (Å²) in [7, 11) is -1.47. The molecule has 0 bridgehead atoms. The average molecular weight is 1430 g/mol. The smallest absolute Gasteiger partial charge is 0.456 e. The fraction of sp³-hybridized carbons (Fsp3) is 0.328. The van der Waals surface area contributed by atoms with E-state index in [4.69, 9.17) is 45.1 Å². The highest BCUT2D eigenvalue weighted by molar-refractivity contribution is 14.1. The number of nitrogens with zero attached hydrogens (tertiary/aromatic N) is 11. The molecule has 4 aromatic carbocycles. The van der Waals surface area contributed by atoms with Gasteiger partial charge in [0.1, 0.15) is 68.8 Å². The van der Waals surface area contributed by atoms with E-state index in [1.807, 2.05) is 34.6 Å². The number of hydrogen-bond acceptors (Lipinski definition) is 20. The maximum atomic E-state index is 9.72. The van der Waals surface area contributed by atoms with Crippen LogP contribution in [0.3, 0.4) is 0 Å². The maximum Gasteiger partial charge on any atom is 0.488 e. The fourth-order valence-electron chi connectivity index (χ4n) is 10.7. The summed E-state index contributed by atoms with van der Waals surface area (Å²) in [5, 5.41) is 48.6. The molecule has 18 N–H and O–H groups in total. The van der Waals surface area contributed by atoms with Crippen molar-refractivity contribution >= 4 is 110 Å². The number of nitrogens with one attached hydrogen (secondary N) is 4. The number of amides is 2. The molecule has 510 valence electrons. The highest BCUT2D eigenvalue weighted by Crippen LogP contribution is 2.45. The third-order valence-corrected chi connectivity index (χ3v) is 18.0. The lowest BCUT2D eigenvalue weighted by Crippen LogP contribution is -2.35. The Balaban J connectivity index is 0.000000337. The number of carbonyl (C=O) groups is 2. The SMILES string of the molecule is CC(N)=O.Cc1c(C)c(C)c(Oc2c(C)c(C)c(B(O)O)c(C)c2C)c(C)c1C.Cc1nc(N)c2c(-c3c(C)c(C)c(Oc4c(C)c(C)c(C)c(C)c4C)c(C)c3C)[nH]nc2n1.Cc1nc(N)c2c(I)[nH]nc2n1.Cc1nc(N)c2cn[nH]c2n1.[2HH].[2HH].[2H]C(N)=O.[C-]#[N+]c1cn[nH]c1N. The number of nitrogens with two attached hydrogens (primary N) is 6. The van der Waals surface area contributed by atoms with E-state index in [0.717, 1.165) is 110 Å². The Hall–Kier alpha value is -10.3. The number of halogens is 1. The molecule has 0 fully saturated rings. The number of aromatic amines is 4. The van der Waals surface area contributed by atoms with Crippen molar-refractivity contribution in [3.63, 3.8) is 0 Å². The van der Waals surface area contributed by atoms with Crippen LogP contribution in [0.2, 0.25) is 0 Å². The lowest BCUT2D eigenvalue weighted by molar-refractivity contribution is -0.116. The van der Waals surface area contributed by atoms with Gasteiger partial charge in [-0.1, -0.05) is 0 Å². The van der Waals surface area contributed by atoms with Crippen LogP contribution >= 0.6 is 22.6 Å². The third-order valence-electron chi connectivity index (χ3n) is 17.2. The molecule has 96 heavy (non-hydrogen) atoms. The summed E-state index contributed by atoms with van der Waals surface area (Å²) >= 11 is 2.11. The van der Waals surface area contributed by atoms with E-state index in [2.05, 4.69) is 207 Å². The van der Waals surface area contributed by atoms with Gasteiger partial charge in [0.25, 0.3) is 0 Å². The molecule has 11 aromatic rings. The van der Waals surface area contributed by atoms with Crippen LogP contribution in [0.4, 0.5) is 29.0 Å². The van der Waals surface area contributed by atoms with Crippen molar-refractivity contribution in [3.8, 4) is 34.3 Å². The molecule has 0 aliphatic heterocycles. The molecule has 0 aliphatic carbocycles. The van der Waals surface area contributed by atoms with Gasteiger partial charge in [0.05, 0.1) is 40.8 Å². The van der Waals surface area contributed by atoms with E-state index in [1.54, 1.807) is 20.0 Å². The quantitative estimate of drug-likeness (QED) is 0.0318. The van der Waals surface area contributed by atoms with Gasteiger partial charge in [0, 0.05) is 15.3 Å². The first-order valence-corrected chi connectivity index (χ1v) is 31.1. The number of ether oxygens (including phenoxy) is 2. The number of hydrogen-bond donors (Lipinski definition) is 12. The standard InChI is InChI=1S/C27H33N5O.C21H29BO3.C6H6IN5.C6H7N5.C4H4N4.C2H5NO.CH3NO.2H2/c1-11-12(2)16(6)24(17(7)13(11)3)33-25-18(8)14(4)21(15(5)19(25)9)23-22-26(28)29-20(10)30-27(22)32-31-23;1-10-11(2)15(6)20(16(7)12(10)3)25-21-17(8)13(4)19(22(23)24)14(5)18(21)9;1-2-9-5(8)3-4(7)11-12-6(3)10-2;1-3-9-5(7)4-2-8-11-6(4)10-3;1-6-3-2-7-8-4(3)5;1-2(3)4;2-1-3;;/h1-10H3,(H3,28,29,30,31,32);23-24H,1-9H3;1H3,(H3,8,9,10,11,12);2H,1H3,(H3,7,8,9,10,11);2H,(H3,5,7,8);1H3,(H2,3,4);1H,(H2,2,3);2*1H/i;;;;;;1D;2*1+1. The van der Waals surface area contributed by atoms with Gasteiger partial charge in [0.15, 0.2) is 16.9 Å². The molecule has 11 rings (SSSR count). The minimum absolute atomic E-state index is 0. The normalized spacial score (nSPS) is 10.6. The van der Waals surface area contributed by atoms with Crippen molar-refractivity contribution in [1.29, 1.82) is 0 Å². The molecule has 29 heteroatoms. The predicted molar refractivity (Wildman–Crippen MR) is 394 cm³/mol. The van der Waals surface area contributed by atoms with E-state index in [-0.39, 0.29) is 8.76 Å². The van der Waals surface area contributed by atoms with E-state index in [1.165, 1.54) is 57.6 Å². The highest BCUT2D eigenvalue weighted by Gasteiger charge is 2.27. The van der Waals surface area contributed by atoms with Crippen molar-refractivity contribution < 1.29 is 33.3 Å². The average Bonchev–Trinajstić information content (AvgIpc) is 1.70. The number of benzene rings is 4. The second-order valence-corrected chi connectivity index (χ2v) is 24.2. The summed E-state index contributed by atoms with van der Waals surface area (Å²) in [6.45, 7) is 50.8. The maximum absolute atomic E-state index is 9.72. The van der Waals surface area contributed by atoms with Crippen molar-refractivity contribution in [1.82, 2.24) is 70.7 Å². The van der Waals surface area contributed by atoms with Crippen LogP contribution in [-0.2, 0) is 9.59 Å². The minimum Gasteiger partial charge on any atom is -0.456 e. The zero-order chi connectivity index (χ0) is 73.3. The second kappa shape index (κ2) is 32.2. The Kier molecular flexibility index (Phi) is 25.1. The molecule has 0 aliphatic rings. The van der Waals surface area contributed by atoms with Crippen LogP contribution in [0.25, 0.3) is 49.2 Å². The van der Waals surface area contributed by atoms with Crippen molar-refractivity contribution in [2.45, 2.75) is 152 Å². The van der Waals surface area contributed by atoms with Crippen molar-refractivity contribution in [2.24, 2.45) is 11.5 Å². The number of rotatable bonds is 6. The topological polar surface area (TPSA) is 446 Å². The van der Waals surface area contributed by atoms with Gasteiger partial charge in [-0.3, -0.25) is 30.0 Å². The van der Waals surface area contributed by atoms with Gasteiger partial charge in [-0.25, -0.2) is 34.7 Å². The molecule has 0 radical (unpaired) electrons. The molecule has 0 saturated heterocycles. The van der Waals surface area contributed by atoms with E-state index < -0.39 is 13.5 Å². The van der Waals surface area contributed by atoms with Crippen LogP contribution in [0, 0.1) is 156 Å². The molecule has 0 saturated carbocycles. The number of aryl methyl sites for hydroxylation is 3. The predicted octanol–water partition coefficient (Wildman–Crippen LogP) is 11.1. The Morgan fingerprint density at radius 1 is 0.542 bits per heavy atom. The highest BCUT2D eigenvalue weighted by atomic mass is 127. The Morgan fingerprint density at radius 2 is 0.885 bits per heavy atom. The summed E-state index contributed by atoms with van der Waals surface area (Å²) in [4.78, 5) is 46.2. The van der Waals surface area contributed by atoms with Crippen LogP contribution in [0.15, 0.2) is 12.4 Å². The monoisotopic (exact) mass is 1430 g/mol. The largest absolute Gasteiger partial charge is 0.488 e. The lowest BCUT2D eigenvalue weighted by atomic mass is 9.72. The molecule has 7 aromatic heterocycles. The first-order valence-electron chi connectivity index (χ1n) is 30.5. The zero-order valence-electron chi connectivity index (χ0n) is 59.5. The summed E-state index contributed by atoms with van der Waals surface area (Å²) in [6, 6.07) is 0. The van der Waals surface area contributed by atoms with Gasteiger partial charge in [-0.2, -0.15) is 20.4 Å². The summed E-state index contributed by atoms with van der Waals surface area (Å²) in [5.74, 6) is 6.87. The van der Waals surface area contributed by atoms with Crippen LogP contribution in [0.5, 0.6) is 23.0 Å². The van der Waals surface area contributed by atoms with Gasteiger partial charge in [0.2, 0.25) is 18.0 Å². The number of fused-ring (bicyclic) bond motifs is 3. The van der Waals surface area contributed by atoms with Crippen molar-refractivity contribution in [3.05, 3.63) is 145 Å². The summed E-state index contributed by atoms with van der Waals surface area (Å²) < 4.78 is 19.8. The van der Waals surface area contributed by atoms with Crippen LogP contribution in [-0.4, -0.2) is 100 Å². The summed E-state index contributed by atoms with van der Waals surface area (Å²) in [5.41, 5.74) is 56.6. The van der Waals surface area contributed by atoms with E-state index in [9.17, 15) is 14.8 Å². The van der Waals surface area contributed by atoms with E-state index in [0.29, 0.717) is 68.8 Å². The number of aromatic nitrogens is 14. The first kappa shape index (κ1) is 74.7. The molecular formula is C67H91BIN21O6. The van der Waals surface area contributed by atoms with E-state index >= 15 is 0 Å². The fourth-order valence-corrected chi connectivity index (χ4v) is 11.4. The molecular weight excluding hydrogens is 1330 g/mol. The minimum atomic E-state index is -1.47. The molecule has 2 amide bonds. The molecule has 0 spiro atoms. The van der Waals surface area contributed by atoms with Gasteiger partial charge in [-0.05, 0) is 274 Å². The molecule has 0 unspecified atom stereocenters. The first-order chi connectivity index (χ1) is 45.2. The van der Waals surface area contributed by atoms with Crippen LogP contribution < -0.4 is 49.3 Å². The van der Waals surface area contributed by atoms with Crippen molar-refractivity contribution in [2.75, 3.05) is 22.9 Å². The Bertz CT molecular complexity index is 4710. The number of H-pyrrole nitrogens is 4.